The van der Waals surface area contributed by atoms with Crippen molar-refractivity contribution >= 4 is 10.0 Å². The second-order valence-electron chi connectivity index (χ2n) is 6.12. The van der Waals surface area contributed by atoms with E-state index in [1.165, 1.54) is 0 Å². The summed E-state index contributed by atoms with van der Waals surface area (Å²) in [7, 11) is -1.94. The Hall–Kier alpha value is -1.92. The molecule has 5 nitrogen and oxygen atoms in total. The predicted molar refractivity (Wildman–Crippen MR) is 92.6 cm³/mol. The number of aryl methyl sites for hydroxylation is 2. The summed E-state index contributed by atoms with van der Waals surface area (Å²) < 4.78 is 32.8. The van der Waals surface area contributed by atoms with Gasteiger partial charge in [-0.1, -0.05) is 23.8 Å². The first-order valence-electron chi connectivity index (χ1n) is 8.03. The molecule has 0 N–H and O–H groups in total. The van der Waals surface area contributed by atoms with Crippen molar-refractivity contribution in [1.82, 2.24) is 9.29 Å². The van der Waals surface area contributed by atoms with E-state index in [0.29, 0.717) is 17.3 Å². The lowest BCUT2D eigenvalue weighted by Gasteiger charge is -2.25. The highest BCUT2D eigenvalue weighted by atomic mass is 32.2. The highest BCUT2D eigenvalue weighted by Gasteiger charge is 2.37. The first-order valence-corrected chi connectivity index (χ1v) is 9.47. The highest BCUT2D eigenvalue weighted by Crippen LogP contribution is 2.37. The first-order chi connectivity index (χ1) is 11.4. The molecule has 0 aliphatic carbocycles. The summed E-state index contributed by atoms with van der Waals surface area (Å²) in [5.41, 5.74) is 2.80. The molecule has 6 heteroatoms. The van der Waals surface area contributed by atoms with Crippen molar-refractivity contribution in [2.24, 2.45) is 0 Å². The van der Waals surface area contributed by atoms with E-state index in [4.69, 9.17) is 4.74 Å². The Morgan fingerprint density at radius 2 is 1.83 bits per heavy atom. The fourth-order valence-electron chi connectivity index (χ4n) is 3.20. The van der Waals surface area contributed by atoms with Gasteiger partial charge in [0.25, 0.3) is 0 Å². The van der Waals surface area contributed by atoms with Crippen LogP contribution in [-0.2, 0) is 10.0 Å². The fourth-order valence-corrected chi connectivity index (χ4v) is 4.87. The molecule has 1 aliphatic heterocycles. The van der Waals surface area contributed by atoms with Crippen molar-refractivity contribution < 1.29 is 13.2 Å². The number of pyridine rings is 1. The lowest BCUT2D eigenvalue weighted by molar-refractivity contribution is 0.385. The van der Waals surface area contributed by atoms with Gasteiger partial charge in [0.15, 0.2) is 0 Å². The summed E-state index contributed by atoms with van der Waals surface area (Å²) in [6, 6.07) is 10.6. The molecular weight excluding hydrogens is 324 g/mol. The lowest BCUT2D eigenvalue weighted by atomic mass is 10.0. The van der Waals surface area contributed by atoms with E-state index in [2.05, 4.69) is 4.98 Å². The number of benzene rings is 1. The summed E-state index contributed by atoms with van der Waals surface area (Å²) in [5.74, 6) is 0.544. The lowest BCUT2D eigenvalue weighted by Crippen LogP contribution is -2.31. The average molecular weight is 346 g/mol. The molecular formula is C18H22N2O3S. The van der Waals surface area contributed by atoms with Crippen LogP contribution < -0.4 is 4.74 Å². The van der Waals surface area contributed by atoms with Crippen LogP contribution in [0.5, 0.6) is 5.88 Å². The third kappa shape index (κ3) is 3.03. The monoisotopic (exact) mass is 346 g/mol. The molecule has 2 heterocycles. The quantitative estimate of drug-likeness (QED) is 0.853. The van der Waals surface area contributed by atoms with Crippen LogP contribution in [0.3, 0.4) is 0 Å². The second kappa shape index (κ2) is 6.53. The number of rotatable bonds is 4. The zero-order valence-electron chi connectivity index (χ0n) is 14.2. The van der Waals surface area contributed by atoms with Crippen molar-refractivity contribution in [3.05, 3.63) is 53.2 Å². The van der Waals surface area contributed by atoms with Crippen molar-refractivity contribution in [3.63, 3.8) is 0 Å². The molecule has 0 bridgehead atoms. The van der Waals surface area contributed by atoms with Crippen LogP contribution in [0.25, 0.3) is 0 Å². The number of hydrogen-bond acceptors (Lipinski definition) is 4. The van der Waals surface area contributed by atoms with Gasteiger partial charge < -0.3 is 4.74 Å². The van der Waals surface area contributed by atoms with Crippen LogP contribution in [0.1, 0.15) is 35.7 Å². The largest absolute Gasteiger partial charge is 0.481 e. The van der Waals surface area contributed by atoms with E-state index < -0.39 is 10.0 Å². The van der Waals surface area contributed by atoms with Crippen LogP contribution >= 0.6 is 0 Å². The molecule has 1 aromatic heterocycles. The van der Waals surface area contributed by atoms with Gasteiger partial charge >= 0.3 is 0 Å². The van der Waals surface area contributed by atoms with Gasteiger partial charge in [-0.15, -0.1) is 0 Å². The van der Waals surface area contributed by atoms with Gasteiger partial charge in [0, 0.05) is 18.3 Å². The van der Waals surface area contributed by atoms with Gasteiger partial charge in [-0.3, -0.25) is 0 Å². The van der Waals surface area contributed by atoms with Crippen LogP contribution in [0, 0.1) is 13.8 Å². The molecule has 2 aromatic rings. The molecule has 0 saturated carbocycles. The molecule has 0 amide bonds. The van der Waals surface area contributed by atoms with Crippen molar-refractivity contribution in [2.45, 2.75) is 37.6 Å². The summed E-state index contributed by atoms with van der Waals surface area (Å²) >= 11 is 0. The minimum Gasteiger partial charge on any atom is -0.481 e. The van der Waals surface area contributed by atoms with Crippen LogP contribution in [-0.4, -0.2) is 31.4 Å². The SMILES string of the molecule is COc1ccc([C@@H]2CCCN2S(=O)(=O)c2ccc(C)cc2)c(C)n1. The number of aromatic nitrogens is 1. The number of methoxy groups -OCH3 is 1. The van der Waals surface area contributed by atoms with Gasteiger partial charge in [-0.25, -0.2) is 13.4 Å². The minimum atomic E-state index is -3.51. The Kier molecular flexibility index (Phi) is 4.60. The standard InChI is InChI=1S/C18H22N2O3S/c1-13-6-8-15(9-7-13)24(21,22)20-12-4-5-17(20)16-10-11-18(23-3)19-14(16)2/h6-11,17H,4-5,12H2,1-3H3/t17-/m0/s1. The number of ether oxygens (including phenoxy) is 1. The molecule has 3 rings (SSSR count). The molecule has 1 saturated heterocycles. The minimum absolute atomic E-state index is 0.172. The van der Waals surface area contributed by atoms with Gasteiger partial charge in [0.1, 0.15) is 0 Å². The highest BCUT2D eigenvalue weighted by molar-refractivity contribution is 7.89. The zero-order chi connectivity index (χ0) is 17.3. The number of nitrogens with zero attached hydrogens (tertiary/aromatic N) is 2. The zero-order valence-corrected chi connectivity index (χ0v) is 15.0. The normalized spacial score (nSPS) is 18.7. The van der Waals surface area contributed by atoms with Crippen molar-refractivity contribution in [1.29, 1.82) is 0 Å². The Labute approximate surface area is 143 Å². The second-order valence-corrected chi connectivity index (χ2v) is 8.01. The molecule has 24 heavy (non-hydrogen) atoms. The summed E-state index contributed by atoms with van der Waals surface area (Å²) in [6.07, 6.45) is 1.65. The summed E-state index contributed by atoms with van der Waals surface area (Å²) in [5, 5.41) is 0. The first kappa shape index (κ1) is 16.9. The third-order valence-corrected chi connectivity index (χ3v) is 6.42. The van der Waals surface area contributed by atoms with E-state index in [-0.39, 0.29) is 6.04 Å². The van der Waals surface area contributed by atoms with Crippen LogP contribution in [0.2, 0.25) is 0 Å². The van der Waals surface area contributed by atoms with E-state index in [0.717, 1.165) is 29.7 Å². The van der Waals surface area contributed by atoms with Gasteiger partial charge in [0.2, 0.25) is 15.9 Å². The van der Waals surface area contributed by atoms with E-state index in [1.54, 1.807) is 29.6 Å². The molecule has 0 unspecified atom stereocenters. The molecule has 1 aromatic carbocycles. The molecule has 0 spiro atoms. The van der Waals surface area contributed by atoms with Gasteiger partial charge in [-0.05, 0) is 44.4 Å². The Morgan fingerprint density at radius 1 is 1.12 bits per heavy atom. The van der Waals surface area contributed by atoms with E-state index in [1.807, 2.05) is 32.0 Å². The van der Waals surface area contributed by atoms with Gasteiger partial charge in [0.05, 0.1) is 18.0 Å². The number of hydrogen-bond donors (Lipinski definition) is 0. The van der Waals surface area contributed by atoms with Crippen LogP contribution in [0.4, 0.5) is 0 Å². The van der Waals surface area contributed by atoms with Crippen molar-refractivity contribution in [3.8, 4) is 5.88 Å². The topological polar surface area (TPSA) is 59.5 Å². The average Bonchev–Trinajstić information content (AvgIpc) is 3.05. The maximum absolute atomic E-state index is 13.0. The number of sulfonamides is 1. The summed E-state index contributed by atoms with van der Waals surface area (Å²) in [6.45, 7) is 4.38. The smallest absolute Gasteiger partial charge is 0.243 e. The van der Waals surface area contributed by atoms with E-state index in [9.17, 15) is 8.42 Å². The maximum Gasteiger partial charge on any atom is 0.243 e. The Morgan fingerprint density at radius 3 is 2.46 bits per heavy atom. The fraction of sp³-hybridized carbons (Fsp3) is 0.389. The Balaban J connectivity index is 1.97. The molecule has 1 aliphatic rings. The molecule has 1 fully saturated rings. The summed E-state index contributed by atoms with van der Waals surface area (Å²) in [4.78, 5) is 4.74. The predicted octanol–water partition coefficient (Wildman–Crippen LogP) is 3.23. The Bertz CT molecular complexity index is 832. The van der Waals surface area contributed by atoms with Crippen LogP contribution in [0.15, 0.2) is 41.3 Å². The van der Waals surface area contributed by atoms with Crippen molar-refractivity contribution in [2.75, 3.05) is 13.7 Å². The third-order valence-electron chi connectivity index (χ3n) is 4.50. The molecule has 0 radical (unpaired) electrons. The molecule has 1 atom stereocenters. The van der Waals surface area contributed by atoms with Gasteiger partial charge in [-0.2, -0.15) is 4.31 Å². The van der Waals surface area contributed by atoms with E-state index >= 15 is 0 Å². The maximum atomic E-state index is 13.0. The molecule has 128 valence electrons.